The summed E-state index contributed by atoms with van der Waals surface area (Å²) in [6, 6.07) is 12.6. The lowest BCUT2D eigenvalue weighted by Gasteiger charge is -2.00. The van der Waals surface area contributed by atoms with Crippen LogP contribution in [0.2, 0.25) is 0 Å². The van der Waals surface area contributed by atoms with Gasteiger partial charge in [0.1, 0.15) is 11.5 Å². The number of hydrogen-bond donors (Lipinski definition) is 1. The molecule has 92 valence electrons. The Bertz CT molecular complexity index is 565. The standard InChI is InChI=1S/C14H12BrNO2/c1-18-13-5-3-12(4-6-13)16-9-10-8-11(15)2-7-14(10)17/h2-9,17H,1H3. The van der Waals surface area contributed by atoms with Gasteiger partial charge in [-0.1, -0.05) is 15.9 Å². The third-order valence-corrected chi connectivity index (χ3v) is 2.91. The molecule has 0 heterocycles. The molecule has 0 spiro atoms. The van der Waals surface area contributed by atoms with Crippen LogP contribution in [0.25, 0.3) is 0 Å². The van der Waals surface area contributed by atoms with Gasteiger partial charge in [0.25, 0.3) is 0 Å². The molecular formula is C14H12BrNO2. The summed E-state index contributed by atoms with van der Waals surface area (Å²) < 4.78 is 5.97. The summed E-state index contributed by atoms with van der Waals surface area (Å²) in [4.78, 5) is 4.29. The highest BCUT2D eigenvalue weighted by atomic mass is 79.9. The van der Waals surface area contributed by atoms with Crippen LogP contribution in [0.15, 0.2) is 51.9 Å². The normalized spacial score (nSPS) is 10.8. The zero-order valence-corrected chi connectivity index (χ0v) is 11.4. The second-order valence-electron chi connectivity index (χ2n) is 3.66. The van der Waals surface area contributed by atoms with E-state index in [1.807, 2.05) is 30.3 Å². The first-order valence-electron chi connectivity index (χ1n) is 5.35. The fourth-order valence-electron chi connectivity index (χ4n) is 1.44. The van der Waals surface area contributed by atoms with Crippen LogP contribution in [0.1, 0.15) is 5.56 Å². The average molecular weight is 306 g/mol. The zero-order valence-electron chi connectivity index (χ0n) is 9.80. The second kappa shape index (κ2) is 5.69. The third-order valence-electron chi connectivity index (χ3n) is 2.41. The van der Waals surface area contributed by atoms with Crippen molar-refractivity contribution < 1.29 is 9.84 Å². The van der Waals surface area contributed by atoms with E-state index in [0.29, 0.717) is 5.56 Å². The van der Waals surface area contributed by atoms with E-state index < -0.39 is 0 Å². The van der Waals surface area contributed by atoms with Crippen LogP contribution in [0, 0.1) is 0 Å². The first-order chi connectivity index (χ1) is 8.69. The molecule has 2 aromatic carbocycles. The molecule has 3 nitrogen and oxygen atoms in total. The lowest BCUT2D eigenvalue weighted by molar-refractivity contribution is 0.415. The van der Waals surface area contributed by atoms with E-state index >= 15 is 0 Å². The molecule has 0 fully saturated rings. The van der Waals surface area contributed by atoms with E-state index in [1.165, 1.54) is 0 Å². The fourth-order valence-corrected chi connectivity index (χ4v) is 1.82. The van der Waals surface area contributed by atoms with Gasteiger partial charge in [-0.15, -0.1) is 0 Å². The van der Waals surface area contributed by atoms with E-state index in [0.717, 1.165) is 15.9 Å². The quantitative estimate of drug-likeness (QED) is 0.873. The maximum absolute atomic E-state index is 9.66. The molecule has 4 heteroatoms. The molecule has 0 unspecified atom stereocenters. The first kappa shape index (κ1) is 12.6. The van der Waals surface area contributed by atoms with Gasteiger partial charge in [-0.25, -0.2) is 0 Å². The first-order valence-corrected chi connectivity index (χ1v) is 6.15. The summed E-state index contributed by atoms with van der Waals surface area (Å²) in [7, 11) is 1.62. The molecule has 2 rings (SSSR count). The van der Waals surface area contributed by atoms with E-state index in [1.54, 1.807) is 25.5 Å². The third kappa shape index (κ3) is 3.11. The average Bonchev–Trinajstić information content (AvgIpc) is 2.40. The van der Waals surface area contributed by atoms with Gasteiger partial charge in [-0.3, -0.25) is 4.99 Å². The second-order valence-corrected chi connectivity index (χ2v) is 4.58. The van der Waals surface area contributed by atoms with E-state index in [-0.39, 0.29) is 5.75 Å². The zero-order chi connectivity index (χ0) is 13.0. The van der Waals surface area contributed by atoms with Crippen LogP contribution in [0.4, 0.5) is 5.69 Å². The minimum Gasteiger partial charge on any atom is -0.507 e. The molecule has 1 N–H and O–H groups in total. The van der Waals surface area contributed by atoms with Crippen molar-refractivity contribution in [2.24, 2.45) is 4.99 Å². The van der Waals surface area contributed by atoms with Crippen LogP contribution >= 0.6 is 15.9 Å². The predicted octanol–water partition coefficient (Wildman–Crippen LogP) is 3.91. The van der Waals surface area contributed by atoms with Crippen molar-refractivity contribution in [3.8, 4) is 11.5 Å². The molecule has 0 aliphatic rings. The van der Waals surface area contributed by atoms with Crippen LogP contribution < -0.4 is 4.74 Å². The van der Waals surface area contributed by atoms with Gasteiger partial charge in [0.2, 0.25) is 0 Å². The van der Waals surface area contributed by atoms with Crippen molar-refractivity contribution in [1.82, 2.24) is 0 Å². The van der Waals surface area contributed by atoms with E-state index in [4.69, 9.17) is 4.74 Å². The topological polar surface area (TPSA) is 41.8 Å². The van der Waals surface area contributed by atoms with E-state index in [2.05, 4.69) is 20.9 Å². The summed E-state index contributed by atoms with van der Waals surface area (Å²) in [6.45, 7) is 0. The summed E-state index contributed by atoms with van der Waals surface area (Å²) >= 11 is 3.35. The Balaban J connectivity index is 2.21. The Morgan fingerprint density at radius 2 is 1.89 bits per heavy atom. The molecule has 0 saturated heterocycles. The number of aliphatic imine (C=N–C) groups is 1. The Morgan fingerprint density at radius 1 is 1.17 bits per heavy atom. The van der Waals surface area contributed by atoms with E-state index in [9.17, 15) is 5.11 Å². The number of halogens is 1. The number of benzene rings is 2. The number of phenols is 1. The van der Waals surface area contributed by atoms with Gasteiger partial charge in [0.05, 0.1) is 12.8 Å². The lowest BCUT2D eigenvalue weighted by Crippen LogP contribution is -1.83. The van der Waals surface area contributed by atoms with Gasteiger partial charge in [-0.2, -0.15) is 0 Å². The van der Waals surface area contributed by atoms with Crippen LogP contribution in [-0.4, -0.2) is 18.4 Å². The molecule has 0 saturated carbocycles. The van der Waals surface area contributed by atoms with Gasteiger partial charge in [0.15, 0.2) is 0 Å². The molecule has 0 amide bonds. The predicted molar refractivity (Wildman–Crippen MR) is 76.1 cm³/mol. The largest absolute Gasteiger partial charge is 0.507 e. The van der Waals surface area contributed by atoms with Crippen molar-refractivity contribution in [3.05, 3.63) is 52.5 Å². The molecule has 0 aliphatic carbocycles. The molecule has 0 aromatic heterocycles. The molecular weight excluding hydrogens is 294 g/mol. The minimum absolute atomic E-state index is 0.204. The maximum Gasteiger partial charge on any atom is 0.124 e. The highest BCUT2D eigenvalue weighted by Gasteiger charge is 1.98. The Hall–Kier alpha value is -1.81. The fraction of sp³-hybridized carbons (Fsp3) is 0.0714. The Morgan fingerprint density at radius 3 is 2.56 bits per heavy atom. The highest BCUT2D eigenvalue weighted by molar-refractivity contribution is 9.10. The van der Waals surface area contributed by atoms with Crippen LogP contribution in [0.3, 0.4) is 0 Å². The number of ether oxygens (including phenoxy) is 1. The van der Waals surface area contributed by atoms with Crippen LogP contribution in [-0.2, 0) is 0 Å². The van der Waals surface area contributed by atoms with Crippen molar-refractivity contribution in [2.45, 2.75) is 0 Å². The SMILES string of the molecule is COc1ccc(N=Cc2cc(Br)ccc2O)cc1. The number of nitrogens with zero attached hydrogens (tertiary/aromatic N) is 1. The molecule has 0 atom stereocenters. The van der Waals surface area contributed by atoms with Gasteiger partial charge < -0.3 is 9.84 Å². The summed E-state index contributed by atoms with van der Waals surface area (Å²) in [5.74, 6) is 0.995. The Labute approximate surface area is 114 Å². The Kier molecular flexibility index (Phi) is 3.99. The maximum atomic E-state index is 9.66. The van der Waals surface area contributed by atoms with Crippen molar-refractivity contribution in [2.75, 3.05) is 7.11 Å². The highest BCUT2D eigenvalue weighted by Crippen LogP contribution is 2.22. The summed E-state index contributed by atoms with van der Waals surface area (Å²) in [5.41, 5.74) is 1.47. The number of hydrogen-bond acceptors (Lipinski definition) is 3. The number of aromatic hydroxyl groups is 1. The molecule has 18 heavy (non-hydrogen) atoms. The lowest BCUT2D eigenvalue weighted by atomic mass is 10.2. The molecule has 0 radical (unpaired) electrons. The number of rotatable bonds is 3. The van der Waals surface area contributed by atoms with Crippen molar-refractivity contribution in [3.63, 3.8) is 0 Å². The minimum atomic E-state index is 0.204. The summed E-state index contributed by atoms with van der Waals surface area (Å²) in [6.07, 6.45) is 1.63. The number of methoxy groups -OCH3 is 1. The summed E-state index contributed by atoms with van der Waals surface area (Å²) in [5, 5.41) is 9.66. The number of phenolic OH excluding ortho intramolecular Hbond substituents is 1. The van der Waals surface area contributed by atoms with Crippen LogP contribution in [0.5, 0.6) is 11.5 Å². The monoisotopic (exact) mass is 305 g/mol. The molecule has 0 aliphatic heterocycles. The van der Waals surface area contributed by atoms with Gasteiger partial charge in [-0.05, 0) is 42.5 Å². The van der Waals surface area contributed by atoms with Gasteiger partial charge >= 0.3 is 0 Å². The molecule has 0 bridgehead atoms. The van der Waals surface area contributed by atoms with Gasteiger partial charge in [0, 0.05) is 16.3 Å². The van der Waals surface area contributed by atoms with Crippen molar-refractivity contribution >= 4 is 27.8 Å². The molecule has 2 aromatic rings. The van der Waals surface area contributed by atoms with Crippen molar-refractivity contribution in [1.29, 1.82) is 0 Å². The smallest absolute Gasteiger partial charge is 0.124 e.